The van der Waals surface area contributed by atoms with Gasteiger partial charge in [0.1, 0.15) is 6.07 Å². The van der Waals surface area contributed by atoms with Crippen LogP contribution in [0.1, 0.15) is 5.56 Å². The van der Waals surface area contributed by atoms with Crippen LogP contribution in [0.2, 0.25) is 0 Å². The maximum atomic E-state index is 11.1. The molecule has 0 radical (unpaired) electrons. The predicted octanol–water partition coefficient (Wildman–Crippen LogP) is 4.87. The highest BCUT2D eigenvalue weighted by atomic mass is 32.2. The number of allylic oxidation sites excluding steroid dienone is 1. The number of nitro benzene ring substituents is 1. The van der Waals surface area contributed by atoms with Gasteiger partial charge in [0.2, 0.25) is 0 Å². The molecule has 0 aliphatic heterocycles. The van der Waals surface area contributed by atoms with E-state index in [0.29, 0.717) is 10.5 Å². The van der Waals surface area contributed by atoms with E-state index in [2.05, 4.69) is 11.1 Å². The lowest BCUT2D eigenvalue weighted by molar-refractivity contribution is -0.385. The number of fused-ring (bicyclic) bond motifs is 1. The summed E-state index contributed by atoms with van der Waals surface area (Å²) < 4.78 is 6.77. The number of methoxy groups -OCH3 is 1. The molecule has 0 saturated heterocycles. The van der Waals surface area contributed by atoms with Crippen molar-refractivity contribution in [2.24, 2.45) is 0 Å². The van der Waals surface area contributed by atoms with Crippen molar-refractivity contribution in [3.8, 4) is 11.8 Å². The Morgan fingerprint density at radius 2 is 2.20 bits per heavy atom. The summed E-state index contributed by atoms with van der Waals surface area (Å²) in [7, 11) is 1.38. The summed E-state index contributed by atoms with van der Waals surface area (Å²) in [5.41, 5.74) is 1.29. The molecule has 0 N–H and O–H groups in total. The first-order chi connectivity index (χ1) is 12.1. The van der Waals surface area contributed by atoms with E-state index in [0.717, 1.165) is 14.6 Å². The average Bonchev–Trinajstić information content (AvgIpc) is 3.03. The van der Waals surface area contributed by atoms with Crippen molar-refractivity contribution in [1.29, 1.82) is 5.26 Å². The molecule has 0 amide bonds. The maximum Gasteiger partial charge on any atom is 0.311 e. The van der Waals surface area contributed by atoms with Crippen molar-refractivity contribution in [2.75, 3.05) is 7.11 Å². The van der Waals surface area contributed by atoms with Gasteiger partial charge >= 0.3 is 5.69 Å². The van der Waals surface area contributed by atoms with E-state index >= 15 is 0 Å². The van der Waals surface area contributed by atoms with E-state index in [1.54, 1.807) is 12.1 Å². The lowest BCUT2D eigenvalue weighted by Crippen LogP contribution is -1.94. The van der Waals surface area contributed by atoms with Crippen LogP contribution in [-0.2, 0) is 0 Å². The number of para-hydroxylation sites is 1. The highest BCUT2D eigenvalue weighted by Crippen LogP contribution is 2.35. The van der Waals surface area contributed by atoms with E-state index in [4.69, 9.17) is 4.74 Å². The van der Waals surface area contributed by atoms with Crippen LogP contribution in [0.25, 0.3) is 16.3 Å². The second-order valence-corrected chi connectivity index (χ2v) is 7.18. The van der Waals surface area contributed by atoms with Gasteiger partial charge in [-0.05, 0) is 41.6 Å². The molecule has 3 aromatic rings. The Labute approximate surface area is 151 Å². The zero-order valence-corrected chi connectivity index (χ0v) is 14.6. The molecular formula is C17H11N3O3S2. The van der Waals surface area contributed by atoms with Crippen LogP contribution in [0.3, 0.4) is 0 Å². The summed E-state index contributed by atoms with van der Waals surface area (Å²) in [6, 6.07) is 14.4. The smallest absolute Gasteiger partial charge is 0.311 e. The van der Waals surface area contributed by atoms with Gasteiger partial charge < -0.3 is 4.74 Å². The van der Waals surface area contributed by atoms with Crippen molar-refractivity contribution < 1.29 is 9.66 Å². The number of aromatic nitrogens is 1. The molecule has 0 aliphatic rings. The lowest BCUT2D eigenvalue weighted by Gasteiger charge is -2.02. The maximum absolute atomic E-state index is 11.1. The zero-order valence-electron chi connectivity index (χ0n) is 13.0. The average molecular weight is 369 g/mol. The Kier molecular flexibility index (Phi) is 4.97. The number of thioether (sulfide) groups is 1. The number of hydrogen-bond donors (Lipinski definition) is 0. The van der Waals surface area contributed by atoms with E-state index < -0.39 is 4.92 Å². The summed E-state index contributed by atoms with van der Waals surface area (Å²) in [6.07, 6.45) is 1.60. The minimum absolute atomic E-state index is 0.140. The highest BCUT2D eigenvalue weighted by Gasteiger charge is 2.15. The van der Waals surface area contributed by atoms with Gasteiger partial charge in [0.25, 0.3) is 0 Å². The minimum atomic E-state index is -0.511. The van der Waals surface area contributed by atoms with Gasteiger partial charge in [0.15, 0.2) is 10.1 Å². The third-order valence-electron chi connectivity index (χ3n) is 3.28. The van der Waals surface area contributed by atoms with E-state index in [-0.39, 0.29) is 11.4 Å². The van der Waals surface area contributed by atoms with Crippen LogP contribution in [0.4, 0.5) is 5.69 Å². The molecule has 8 heteroatoms. The summed E-state index contributed by atoms with van der Waals surface area (Å²) >= 11 is 2.74. The molecule has 0 atom stereocenters. The molecule has 6 nitrogen and oxygen atoms in total. The van der Waals surface area contributed by atoms with Crippen molar-refractivity contribution in [3.63, 3.8) is 0 Å². The summed E-state index contributed by atoms with van der Waals surface area (Å²) in [6.45, 7) is 0. The summed E-state index contributed by atoms with van der Waals surface area (Å²) in [5, 5.41) is 20.5. The Morgan fingerprint density at radius 3 is 2.88 bits per heavy atom. The van der Waals surface area contributed by atoms with Crippen LogP contribution in [0.15, 0.2) is 51.7 Å². The number of nitro groups is 1. The number of nitrogens with zero attached hydrogens (tertiary/aromatic N) is 3. The van der Waals surface area contributed by atoms with Gasteiger partial charge in [0, 0.05) is 6.07 Å². The fraction of sp³-hybridized carbons (Fsp3) is 0.0588. The van der Waals surface area contributed by atoms with Gasteiger partial charge in [-0.2, -0.15) is 5.26 Å². The molecule has 0 unspecified atom stereocenters. The van der Waals surface area contributed by atoms with Crippen LogP contribution in [0.5, 0.6) is 5.75 Å². The number of nitriles is 1. The number of benzene rings is 2. The van der Waals surface area contributed by atoms with Crippen molar-refractivity contribution in [2.45, 2.75) is 4.34 Å². The summed E-state index contributed by atoms with van der Waals surface area (Å²) in [5.74, 6) is 0.180. The van der Waals surface area contributed by atoms with E-state index in [1.807, 2.05) is 24.3 Å². The second kappa shape index (κ2) is 7.34. The summed E-state index contributed by atoms with van der Waals surface area (Å²) in [4.78, 5) is 15.5. The molecule has 0 saturated carbocycles. The Bertz CT molecular complexity index is 988. The first-order valence-corrected chi connectivity index (χ1v) is 8.71. The predicted molar refractivity (Wildman–Crippen MR) is 98.7 cm³/mol. The zero-order chi connectivity index (χ0) is 17.8. The number of rotatable bonds is 5. The van der Waals surface area contributed by atoms with Crippen LogP contribution >= 0.6 is 23.1 Å². The van der Waals surface area contributed by atoms with Crippen molar-refractivity contribution >= 4 is 45.1 Å². The fourth-order valence-electron chi connectivity index (χ4n) is 2.16. The molecule has 1 heterocycles. The van der Waals surface area contributed by atoms with Gasteiger partial charge in [-0.3, -0.25) is 10.1 Å². The fourth-order valence-corrected chi connectivity index (χ4v) is 4.14. The van der Waals surface area contributed by atoms with E-state index in [1.165, 1.54) is 42.3 Å². The molecule has 0 aliphatic carbocycles. The molecule has 0 bridgehead atoms. The molecule has 0 spiro atoms. The first-order valence-electron chi connectivity index (χ1n) is 7.08. The highest BCUT2D eigenvalue weighted by molar-refractivity contribution is 8.05. The Morgan fingerprint density at radius 1 is 1.40 bits per heavy atom. The van der Waals surface area contributed by atoms with Gasteiger partial charge in [-0.1, -0.05) is 18.2 Å². The molecule has 124 valence electrons. The van der Waals surface area contributed by atoms with Crippen molar-refractivity contribution in [1.82, 2.24) is 4.98 Å². The third kappa shape index (κ3) is 3.79. The number of hydrogen-bond acceptors (Lipinski definition) is 7. The standard InChI is InChI=1S/C17H11N3O3S2/c1-23-15-7-6-11(9-14(15)20(21)22)8-12(10-18)24-17-19-13-4-2-3-5-16(13)25-17/h2-9H,1H3. The second-order valence-electron chi connectivity index (χ2n) is 4.86. The SMILES string of the molecule is COc1ccc(C=C(C#N)Sc2nc3ccccc3s2)cc1[N+](=O)[O-]. The molecule has 0 fully saturated rings. The number of ether oxygens (including phenoxy) is 1. The Balaban J connectivity index is 1.91. The van der Waals surface area contributed by atoms with Crippen LogP contribution < -0.4 is 4.74 Å². The monoisotopic (exact) mass is 369 g/mol. The minimum Gasteiger partial charge on any atom is -0.490 e. The van der Waals surface area contributed by atoms with Crippen molar-refractivity contribution in [3.05, 3.63) is 63.0 Å². The topological polar surface area (TPSA) is 89.0 Å². The first kappa shape index (κ1) is 17.0. The normalized spacial score (nSPS) is 11.3. The van der Waals surface area contributed by atoms with Crippen LogP contribution in [0, 0.1) is 21.4 Å². The van der Waals surface area contributed by atoms with Crippen LogP contribution in [-0.4, -0.2) is 17.0 Å². The molecular weight excluding hydrogens is 358 g/mol. The largest absolute Gasteiger partial charge is 0.490 e. The quantitative estimate of drug-likeness (QED) is 0.276. The molecule has 1 aromatic heterocycles. The lowest BCUT2D eigenvalue weighted by atomic mass is 10.2. The van der Waals surface area contributed by atoms with E-state index in [9.17, 15) is 15.4 Å². The third-order valence-corrected chi connectivity index (χ3v) is 5.31. The molecule has 25 heavy (non-hydrogen) atoms. The van der Waals surface area contributed by atoms with Gasteiger partial charge in [-0.25, -0.2) is 4.98 Å². The molecule has 2 aromatic carbocycles. The Hall–Kier alpha value is -2.89. The number of thiazole rings is 1. The van der Waals surface area contributed by atoms with Gasteiger partial charge in [-0.15, -0.1) is 11.3 Å². The van der Waals surface area contributed by atoms with Gasteiger partial charge in [0.05, 0.1) is 27.2 Å². The molecule has 3 rings (SSSR count).